The van der Waals surface area contributed by atoms with Gasteiger partial charge < -0.3 is 37.9 Å². The highest BCUT2D eigenvalue weighted by molar-refractivity contribution is 5.93. The van der Waals surface area contributed by atoms with Gasteiger partial charge in [0.25, 0.3) is 0 Å². The fourth-order valence-electron chi connectivity index (χ4n) is 3.44. The second-order valence-electron chi connectivity index (χ2n) is 9.79. The van der Waals surface area contributed by atoms with Crippen molar-refractivity contribution in [3.05, 3.63) is 35.4 Å². The van der Waals surface area contributed by atoms with Crippen LogP contribution in [-0.4, -0.2) is 104 Å². The third-order valence-electron chi connectivity index (χ3n) is 5.73. The maximum atomic E-state index is 12.1. The Labute approximate surface area is 212 Å². The van der Waals surface area contributed by atoms with Gasteiger partial charge in [-0.25, -0.2) is 9.59 Å². The fourth-order valence-corrected chi connectivity index (χ4v) is 3.44. The van der Waals surface area contributed by atoms with Crippen LogP contribution in [0, 0.1) is 10.8 Å². The van der Waals surface area contributed by atoms with Crippen molar-refractivity contribution in [2.24, 2.45) is 10.8 Å². The summed E-state index contributed by atoms with van der Waals surface area (Å²) in [7, 11) is 0. The number of carbonyl (C=O) groups excluding carboxylic acids is 2. The van der Waals surface area contributed by atoms with Gasteiger partial charge in [-0.1, -0.05) is 13.8 Å². The van der Waals surface area contributed by atoms with E-state index in [9.17, 15) is 9.59 Å². The van der Waals surface area contributed by atoms with Crippen LogP contribution in [0.2, 0.25) is 0 Å². The number of esters is 2. The van der Waals surface area contributed by atoms with E-state index in [2.05, 4.69) is 13.8 Å². The van der Waals surface area contributed by atoms with E-state index >= 15 is 0 Å². The highest BCUT2D eigenvalue weighted by Crippen LogP contribution is 2.27. The predicted octanol–water partition coefficient (Wildman–Crippen LogP) is 2.14. The summed E-state index contributed by atoms with van der Waals surface area (Å²) < 4.78 is 42.7. The number of hydrogen-bond acceptors (Lipinski definition) is 10. The zero-order valence-electron chi connectivity index (χ0n) is 21.3. The van der Waals surface area contributed by atoms with E-state index < -0.39 is 11.9 Å². The minimum absolute atomic E-state index is 0.121. The minimum Gasteiger partial charge on any atom is -0.460 e. The number of carbonyl (C=O) groups is 2. The van der Waals surface area contributed by atoms with Gasteiger partial charge in [-0.15, -0.1) is 0 Å². The molecule has 0 radical (unpaired) electrons. The molecule has 1 aromatic rings. The maximum absolute atomic E-state index is 12.1. The van der Waals surface area contributed by atoms with Crippen LogP contribution < -0.4 is 0 Å². The van der Waals surface area contributed by atoms with Gasteiger partial charge in [0.2, 0.25) is 0 Å². The van der Waals surface area contributed by atoms with Crippen LogP contribution in [-0.2, 0) is 37.9 Å². The fraction of sp³-hybridized carbons (Fsp3) is 0.692. The SMILES string of the molecule is CC1(COCCOCCOC(=O)c2ccc(C(=O)OCCOCCOCC3(C)COC3)cc2)COC1. The quantitative estimate of drug-likeness (QED) is 0.215. The monoisotopic (exact) mass is 510 g/mol. The lowest BCUT2D eigenvalue weighted by atomic mass is 9.90. The summed E-state index contributed by atoms with van der Waals surface area (Å²) in [5.74, 6) is -0.968. The van der Waals surface area contributed by atoms with Gasteiger partial charge in [-0.2, -0.15) is 0 Å². The van der Waals surface area contributed by atoms with E-state index in [1.54, 1.807) is 0 Å². The van der Waals surface area contributed by atoms with Crippen LogP contribution in [0.15, 0.2) is 24.3 Å². The molecule has 0 amide bonds. The summed E-state index contributed by atoms with van der Waals surface area (Å²) in [5.41, 5.74) is 0.930. The Bertz CT molecular complexity index is 734. The van der Waals surface area contributed by atoms with E-state index in [1.165, 1.54) is 24.3 Å². The van der Waals surface area contributed by atoms with Gasteiger partial charge in [0.1, 0.15) is 13.2 Å². The molecule has 0 aliphatic carbocycles. The molecule has 2 heterocycles. The average Bonchev–Trinajstić information content (AvgIpc) is 2.84. The Hall–Kier alpha value is -2.08. The first-order valence-electron chi connectivity index (χ1n) is 12.3. The van der Waals surface area contributed by atoms with Crippen LogP contribution in [0.3, 0.4) is 0 Å². The van der Waals surface area contributed by atoms with Crippen LogP contribution in [0.4, 0.5) is 0 Å². The van der Waals surface area contributed by atoms with Crippen molar-refractivity contribution in [1.29, 1.82) is 0 Å². The molecule has 0 unspecified atom stereocenters. The van der Waals surface area contributed by atoms with Gasteiger partial charge in [-0.3, -0.25) is 0 Å². The van der Waals surface area contributed by atoms with Gasteiger partial charge in [0.05, 0.1) is 90.4 Å². The second-order valence-corrected chi connectivity index (χ2v) is 9.79. The van der Waals surface area contributed by atoms with Gasteiger partial charge >= 0.3 is 11.9 Å². The molecule has 2 fully saturated rings. The van der Waals surface area contributed by atoms with E-state index in [0.717, 1.165) is 26.4 Å². The molecule has 0 saturated carbocycles. The summed E-state index contributed by atoms with van der Waals surface area (Å²) in [4.78, 5) is 24.3. The van der Waals surface area contributed by atoms with E-state index in [0.29, 0.717) is 50.8 Å². The lowest BCUT2D eigenvalue weighted by Gasteiger charge is -2.37. The molecule has 10 heteroatoms. The second kappa shape index (κ2) is 14.6. The van der Waals surface area contributed by atoms with Gasteiger partial charge in [-0.05, 0) is 24.3 Å². The zero-order valence-corrected chi connectivity index (χ0v) is 21.3. The Balaban J connectivity index is 1.17. The summed E-state index contributed by atoms with van der Waals surface area (Å²) in [5, 5.41) is 0. The third-order valence-corrected chi connectivity index (χ3v) is 5.73. The molecule has 3 rings (SSSR count). The van der Waals surface area contributed by atoms with E-state index in [-0.39, 0.29) is 37.3 Å². The summed E-state index contributed by atoms with van der Waals surface area (Å²) in [6.07, 6.45) is 0. The summed E-state index contributed by atoms with van der Waals surface area (Å²) in [6.45, 7) is 11.1. The van der Waals surface area contributed by atoms with Gasteiger partial charge in [0.15, 0.2) is 0 Å². The summed E-state index contributed by atoms with van der Waals surface area (Å²) >= 11 is 0. The first-order valence-corrected chi connectivity index (χ1v) is 12.3. The first-order chi connectivity index (χ1) is 17.4. The summed E-state index contributed by atoms with van der Waals surface area (Å²) in [6, 6.07) is 6.11. The molecule has 2 aliphatic rings. The number of ether oxygens (including phenoxy) is 8. The molecule has 202 valence electrons. The Morgan fingerprint density at radius 2 is 0.944 bits per heavy atom. The van der Waals surface area contributed by atoms with Crippen molar-refractivity contribution in [3.63, 3.8) is 0 Å². The predicted molar refractivity (Wildman–Crippen MR) is 128 cm³/mol. The smallest absolute Gasteiger partial charge is 0.338 e. The van der Waals surface area contributed by atoms with Crippen molar-refractivity contribution < 1.29 is 47.5 Å². The van der Waals surface area contributed by atoms with Crippen molar-refractivity contribution >= 4 is 11.9 Å². The number of hydrogen-bond donors (Lipinski definition) is 0. The normalized spacial score (nSPS) is 17.6. The Morgan fingerprint density at radius 1 is 0.611 bits per heavy atom. The average molecular weight is 511 g/mol. The molecular formula is C26H38O10. The number of benzene rings is 1. The molecule has 0 aromatic heterocycles. The largest absolute Gasteiger partial charge is 0.460 e. The van der Waals surface area contributed by atoms with Gasteiger partial charge in [0, 0.05) is 10.8 Å². The highest BCUT2D eigenvalue weighted by atomic mass is 16.6. The molecule has 10 nitrogen and oxygen atoms in total. The van der Waals surface area contributed by atoms with Crippen LogP contribution in [0.25, 0.3) is 0 Å². The highest BCUT2D eigenvalue weighted by Gasteiger charge is 2.34. The lowest BCUT2D eigenvalue weighted by Crippen LogP contribution is -2.43. The van der Waals surface area contributed by atoms with Crippen LogP contribution in [0.1, 0.15) is 34.6 Å². The van der Waals surface area contributed by atoms with E-state index in [4.69, 9.17) is 37.9 Å². The molecule has 2 aliphatic heterocycles. The van der Waals surface area contributed by atoms with E-state index in [1.807, 2.05) is 0 Å². The van der Waals surface area contributed by atoms with Crippen molar-refractivity contribution in [1.82, 2.24) is 0 Å². The topological polar surface area (TPSA) is 108 Å². The van der Waals surface area contributed by atoms with Crippen molar-refractivity contribution in [3.8, 4) is 0 Å². The first kappa shape index (κ1) is 28.5. The molecular weight excluding hydrogens is 472 g/mol. The zero-order chi connectivity index (χ0) is 25.7. The molecule has 0 N–H and O–H groups in total. The standard InChI is InChI=1S/C26H38O10/c1-25(17-33-18-25)15-31-9-7-29-11-13-35-23(27)21-3-5-22(6-4-21)24(28)36-14-12-30-8-10-32-16-26(2)19-34-20-26/h3-6H,7-20H2,1-2H3. The molecule has 0 bridgehead atoms. The third kappa shape index (κ3) is 9.76. The Kier molecular flexibility index (Phi) is 11.6. The molecule has 1 aromatic carbocycles. The molecule has 36 heavy (non-hydrogen) atoms. The van der Waals surface area contributed by atoms with Crippen LogP contribution >= 0.6 is 0 Å². The number of rotatable bonds is 18. The minimum atomic E-state index is -0.484. The lowest BCUT2D eigenvalue weighted by molar-refractivity contribution is -0.141. The molecule has 2 saturated heterocycles. The van der Waals surface area contributed by atoms with Crippen molar-refractivity contribution in [2.45, 2.75) is 13.8 Å². The maximum Gasteiger partial charge on any atom is 0.338 e. The Morgan fingerprint density at radius 3 is 1.28 bits per heavy atom. The molecule has 0 spiro atoms. The van der Waals surface area contributed by atoms with Crippen LogP contribution in [0.5, 0.6) is 0 Å². The van der Waals surface area contributed by atoms with Crippen molar-refractivity contribution in [2.75, 3.05) is 92.5 Å². The molecule has 0 atom stereocenters.